The highest BCUT2D eigenvalue weighted by Gasteiger charge is 2.37. The second-order valence-electron chi connectivity index (χ2n) is 6.20. The molecule has 25 heavy (non-hydrogen) atoms. The van der Waals surface area contributed by atoms with Gasteiger partial charge in [-0.05, 0) is 30.2 Å². The van der Waals surface area contributed by atoms with Crippen LogP contribution in [0.25, 0.3) is 0 Å². The Morgan fingerprint density at radius 2 is 2.12 bits per heavy atom. The molecule has 1 aliphatic rings. The van der Waals surface area contributed by atoms with E-state index in [1.807, 2.05) is 0 Å². The molecule has 8 heteroatoms. The summed E-state index contributed by atoms with van der Waals surface area (Å²) in [5.41, 5.74) is 0.323. The second-order valence-corrected chi connectivity index (χ2v) is 6.20. The minimum absolute atomic E-state index is 0.0820. The van der Waals surface area contributed by atoms with Crippen LogP contribution in [0.3, 0.4) is 0 Å². The summed E-state index contributed by atoms with van der Waals surface area (Å²) in [4.78, 5) is 14.1. The maximum absolute atomic E-state index is 12.9. The number of nitrogens with zero attached hydrogens (tertiary/aromatic N) is 3. The van der Waals surface area contributed by atoms with Crippen molar-refractivity contribution in [2.45, 2.75) is 31.2 Å². The normalized spacial score (nSPS) is 20.9. The summed E-state index contributed by atoms with van der Waals surface area (Å²) in [6.45, 7) is 0.109. The van der Waals surface area contributed by atoms with Crippen molar-refractivity contribution in [2.24, 2.45) is 7.05 Å². The van der Waals surface area contributed by atoms with E-state index in [1.54, 1.807) is 30.1 Å². The first-order chi connectivity index (χ1) is 11.8. The fourth-order valence-corrected chi connectivity index (χ4v) is 3.16. The maximum atomic E-state index is 12.9. The van der Waals surface area contributed by atoms with Crippen LogP contribution in [-0.2, 0) is 24.4 Å². The highest BCUT2D eigenvalue weighted by Crippen LogP contribution is 2.36. The lowest BCUT2D eigenvalue weighted by Gasteiger charge is -2.25. The van der Waals surface area contributed by atoms with E-state index in [0.29, 0.717) is 11.3 Å². The van der Waals surface area contributed by atoms with Crippen LogP contribution in [0.5, 0.6) is 0 Å². The van der Waals surface area contributed by atoms with Gasteiger partial charge in [0.25, 0.3) is 0 Å². The van der Waals surface area contributed by atoms with Crippen LogP contribution in [0.15, 0.2) is 36.5 Å². The monoisotopic (exact) mass is 353 g/mol. The van der Waals surface area contributed by atoms with E-state index in [-0.39, 0.29) is 25.3 Å². The van der Waals surface area contributed by atoms with Crippen molar-refractivity contribution in [3.63, 3.8) is 0 Å². The molecule has 134 valence electrons. The fraction of sp³-hybridized carbons (Fsp3) is 0.412. The van der Waals surface area contributed by atoms with E-state index in [4.69, 9.17) is 0 Å². The lowest BCUT2D eigenvalue weighted by atomic mass is 10.0. The van der Waals surface area contributed by atoms with Crippen molar-refractivity contribution in [2.75, 3.05) is 6.54 Å². The lowest BCUT2D eigenvalue weighted by molar-refractivity contribution is -0.137. The van der Waals surface area contributed by atoms with E-state index in [9.17, 15) is 23.1 Å². The average Bonchev–Trinajstić information content (AvgIpc) is 3.13. The van der Waals surface area contributed by atoms with Gasteiger partial charge in [0.05, 0.1) is 24.1 Å². The second kappa shape index (κ2) is 6.51. The van der Waals surface area contributed by atoms with Gasteiger partial charge in [0.15, 0.2) is 0 Å². The SMILES string of the molecule is Cn1nccc1CC(=O)N1C[C@@H](O)C[C@@H]1c1cccc(C(F)(F)F)c1. The number of hydrogen-bond acceptors (Lipinski definition) is 3. The molecule has 2 aromatic rings. The molecule has 1 aromatic heterocycles. The Labute approximate surface area is 142 Å². The molecule has 0 bridgehead atoms. The van der Waals surface area contributed by atoms with E-state index >= 15 is 0 Å². The van der Waals surface area contributed by atoms with E-state index in [0.717, 1.165) is 12.1 Å². The van der Waals surface area contributed by atoms with Crippen LogP contribution in [0, 0.1) is 0 Å². The molecule has 2 atom stereocenters. The summed E-state index contributed by atoms with van der Waals surface area (Å²) in [5.74, 6) is -0.248. The Morgan fingerprint density at radius 3 is 2.76 bits per heavy atom. The summed E-state index contributed by atoms with van der Waals surface area (Å²) in [6.07, 6.45) is -3.32. The topological polar surface area (TPSA) is 58.4 Å². The van der Waals surface area contributed by atoms with Crippen molar-refractivity contribution in [1.29, 1.82) is 0 Å². The number of alkyl halides is 3. The number of carbonyl (C=O) groups excluding carboxylic acids is 1. The summed E-state index contributed by atoms with van der Waals surface area (Å²) in [7, 11) is 1.71. The van der Waals surface area contributed by atoms with Crippen LogP contribution in [-0.4, -0.2) is 38.3 Å². The molecule has 1 aromatic carbocycles. The van der Waals surface area contributed by atoms with Gasteiger partial charge in [-0.1, -0.05) is 12.1 Å². The first-order valence-electron chi connectivity index (χ1n) is 7.87. The number of halogens is 3. The number of carbonyl (C=O) groups is 1. The summed E-state index contributed by atoms with van der Waals surface area (Å²) >= 11 is 0. The Hall–Kier alpha value is -2.35. The predicted molar refractivity (Wildman–Crippen MR) is 83.4 cm³/mol. The standard InChI is InChI=1S/C17H18F3N3O2/c1-22-13(5-6-21-22)8-16(25)23-10-14(24)9-15(23)11-3-2-4-12(7-11)17(18,19)20/h2-7,14-15,24H,8-10H2,1H3/t14-,15+/m0/s1. The zero-order chi connectivity index (χ0) is 18.2. The quantitative estimate of drug-likeness (QED) is 0.921. The molecular formula is C17H18F3N3O2. The van der Waals surface area contributed by atoms with Crippen molar-refractivity contribution in [3.05, 3.63) is 53.3 Å². The average molecular weight is 353 g/mol. The third-order valence-electron chi connectivity index (χ3n) is 4.45. The molecular weight excluding hydrogens is 335 g/mol. The number of likely N-dealkylation sites (tertiary alicyclic amines) is 1. The number of aromatic nitrogens is 2. The highest BCUT2D eigenvalue weighted by atomic mass is 19.4. The van der Waals surface area contributed by atoms with Gasteiger partial charge in [-0.2, -0.15) is 18.3 Å². The molecule has 1 N–H and O–H groups in total. The first kappa shape index (κ1) is 17.5. The minimum Gasteiger partial charge on any atom is -0.391 e. The van der Waals surface area contributed by atoms with Crippen molar-refractivity contribution in [3.8, 4) is 0 Å². The van der Waals surface area contributed by atoms with Gasteiger partial charge in [-0.15, -0.1) is 0 Å². The summed E-state index contributed by atoms with van der Waals surface area (Å²) in [6, 6.07) is 6.07. The molecule has 5 nitrogen and oxygen atoms in total. The number of hydrogen-bond donors (Lipinski definition) is 1. The first-order valence-corrected chi connectivity index (χ1v) is 7.87. The van der Waals surface area contributed by atoms with E-state index < -0.39 is 23.9 Å². The van der Waals surface area contributed by atoms with Gasteiger partial charge in [0.1, 0.15) is 0 Å². The Bertz CT molecular complexity index is 772. The van der Waals surface area contributed by atoms with Gasteiger partial charge in [-0.25, -0.2) is 0 Å². The molecule has 0 spiro atoms. The number of β-amino-alcohol motifs (C(OH)–C–C–N with tert-alkyl or cyclic N) is 1. The lowest BCUT2D eigenvalue weighted by Crippen LogP contribution is -2.33. The smallest absolute Gasteiger partial charge is 0.391 e. The molecule has 0 saturated carbocycles. The van der Waals surface area contributed by atoms with E-state index in [2.05, 4.69) is 5.10 Å². The summed E-state index contributed by atoms with van der Waals surface area (Å²) < 4.78 is 40.4. The number of rotatable bonds is 3. The molecule has 1 aliphatic heterocycles. The highest BCUT2D eigenvalue weighted by molar-refractivity contribution is 5.79. The van der Waals surface area contributed by atoms with Crippen molar-refractivity contribution in [1.82, 2.24) is 14.7 Å². The predicted octanol–water partition coefficient (Wildman–Crippen LogP) is 2.32. The molecule has 2 heterocycles. The molecule has 0 aliphatic carbocycles. The Balaban J connectivity index is 1.85. The third-order valence-corrected chi connectivity index (χ3v) is 4.45. The molecule has 1 amide bonds. The van der Waals surface area contributed by atoms with Gasteiger partial charge in [-0.3, -0.25) is 9.48 Å². The number of aliphatic hydroxyl groups excluding tert-OH is 1. The zero-order valence-electron chi connectivity index (χ0n) is 13.6. The molecule has 3 rings (SSSR count). The molecule has 1 fully saturated rings. The molecule has 1 saturated heterocycles. The summed E-state index contributed by atoms with van der Waals surface area (Å²) in [5, 5.41) is 14.0. The number of benzene rings is 1. The maximum Gasteiger partial charge on any atom is 0.416 e. The number of amides is 1. The minimum atomic E-state index is -4.45. The molecule has 0 radical (unpaired) electrons. The number of aliphatic hydroxyl groups is 1. The van der Waals surface area contributed by atoms with Crippen molar-refractivity contribution >= 4 is 5.91 Å². The van der Waals surface area contributed by atoms with Crippen LogP contribution in [0.1, 0.15) is 29.3 Å². The zero-order valence-corrected chi connectivity index (χ0v) is 13.6. The Morgan fingerprint density at radius 1 is 1.36 bits per heavy atom. The van der Waals surface area contributed by atoms with E-state index in [1.165, 1.54) is 11.0 Å². The number of aryl methyl sites for hydroxylation is 1. The van der Waals surface area contributed by atoms with Gasteiger partial charge in [0, 0.05) is 25.5 Å². The Kier molecular flexibility index (Phi) is 4.55. The van der Waals surface area contributed by atoms with Crippen LogP contribution in [0.2, 0.25) is 0 Å². The van der Waals surface area contributed by atoms with Gasteiger partial charge < -0.3 is 10.0 Å². The van der Waals surface area contributed by atoms with Crippen LogP contribution in [0.4, 0.5) is 13.2 Å². The molecule has 0 unspecified atom stereocenters. The fourth-order valence-electron chi connectivity index (χ4n) is 3.16. The van der Waals surface area contributed by atoms with Gasteiger partial charge in [0.2, 0.25) is 5.91 Å². The van der Waals surface area contributed by atoms with Gasteiger partial charge >= 0.3 is 6.18 Å². The third kappa shape index (κ3) is 3.68. The van der Waals surface area contributed by atoms with Crippen LogP contribution < -0.4 is 0 Å². The van der Waals surface area contributed by atoms with Crippen molar-refractivity contribution < 1.29 is 23.1 Å². The van der Waals surface area contributed by atoms with Crippen LogP contribution >= 0.6 is 0 Å². The largest absolute Gasteiger partial charge is 0.416 e.